The number of hydrogen-bond acceptors (Lipinski definition) is 6. The number of rotatable bonds is 5. The molecule has 4 rings (SSSR count). The predicted octanol–water partition coefficient (Wildman–Crippen LogP) is 1.08. The molecule has 0 aliphatic carbocycles. The second-order valence-electron chi connectivity index (χ2n) is 7.88. The van der Waals surface area contributed by atoms with Gasteiger partial charge in [-0.3, -0.25) is 9.36 Å². The van der Waals surface area contributed by atoms with Crippen molar-refractivity contribution in [3.05, 3.63) is 51.9 Å². The Morgan fingerprint density at radius 3 is 2.58 bits per heavy atom. The standard InChI is InChI=1S/C21H25F2N5O3/c1-25-7-9-26(10-8-25)20(29)13-27-5-2-6-28-19(27)12-18(24-21(28)30)31-14-15-3-4-16(22)17(23)11-15/h3-4,11-12H,2,5-10,13-14H2,1H3. The normalized spacial score (nSPS) is 16.9. The molecule has 166 valence electrons. The van der Waals surface area contributed by atoms with Crippen molar-refractivity contribution in [2.75, 3.05) is 51.2 Å². The molecule has 2 aliphatic rings. The number of likely N-dealkylation sites (N-methyl/N-ethyl adjacent to an activating group) is 1. The van der Waals surface area contributed by atoms with Crippen LogP contribution in [0.4, 0.5) is 14.6 Å². The number of hydrogen-bond donors (Lipinski definition) is 0. The zero-order valence-electron chi connectivity index (χ0n) is 17.4. The van der Waals surface area contributed by atoms with E-state index < -0.39 is 17.3 Å². The van der Waals surface area contributed by atoms with Gasteiger partial charge in [0.25, 0.3) is 0 Å². The second-order valence-corrected chi connectivity index (χ2v) is 7.88. The largest absolute Gasteiger partial charge is 0.473 e. The number of aromatic nitrogens is 2. The quantitative estimate of drug-likeness (QED) is 0.703. The lowest BCUT2D eigenvalue weighted by Gasteiger charge is -2.36. The van der Waals surface area contributed by atoms with Crippen molar-refractivity contribution >= 4 is 11.7 Å². The first kappa shape index (κ1) is 21.2. The summed E-state index contributed by atoms with van der Waals surface area (Å²) in [6.07, 6.45) is 0.736. The maximum Gasteiger partial charge on any atom is 0.352 e. The molecule has 3 heterocycles. The van der Waals surface area contributed by atoms with Crippen LogP contribution in [0.2, 0.25) is 0 Å². The van der Waals surface area contributed by atoms with Crippen LogP contribution in [0.3, 0.4) is 0 Å². The maximum absolute atomic E-state index is 13.4. The van der Waals surface area contributed by atoms with Crippen LogP contribution in [0.5, 0.6) is 5.88 Å². The van der Waals surface area contributed by atoms with Crippen LogP contribution >= 0.6 is 0 Å². The van der Waals surface area contributed by atoms with Crippen molar-refractivity contribution in [1.29, 1.82) is 0 Å². The fraction of sp³-hybridized carbons (Fsp3) is 0.476. The fourth-order valence-corrected chi connectivity index (χ4v) is 3.82. The number of nitrogens with zero attached hydrogens (tertiary/aromatic N) is 5. The van der Waals surface area contributed by atoms with Gasteiger partial charge in [-0.2, -0.15) is 4.98 Å². The molecule has 1 fully saturated rings. The van der Waals surface area contributed by atoms with E-state index in [1.54, 1.807) is 6.07 Å². The smallest absolute Gasteiger partial charge is 0.352 e. The summed E-state index contributed by atoms with van der Waals surface area (Å²) in [5, 5.41) is 0. The Kier molecular flexibility index (Phi) is 6.17. The predicted molar refractivity (Wildman–Crippen MR) is 110 cm³/mol. The van der Waals surface area contributed by atoms with Gasteiger partial charge in [0.15, 0.2) is 11.6 Å². The van der Waals surface area contributed by atoms with Gasteiger partial charge in [0.2, 0.25) is 11.8 Å². The molecule has 0 saturated carbocycles. The minimum absolute atomic E-state index is 0.0232. The first-order chi connectivity index (χ1) is 14.9. The number of halogens is 2. The number of fused-ring (bicyclic) bond motifs is 1. The van der Waals surface area contributed by atoms with Crippen molar-refractivity contribution in [1.82, 2.24) is 19.4 Å². The number of amides is 1. The minimum Gasteiger partial charge on any atom is -0.473 e. The Morgan fingerprint density at radius 1 is 1.06 bits per heavy atom. The van der Waals surface area contributed by atoms with Gasteiger partial charge in [-0.05, 0) is 31.2 Å². The van der Waals surface area contributed by atoms with Crippen molar-refractivity contribution in [3.8, 4) is 5.88 Å². The molecule has 0 bridgehead atoms. The molecule has 1 aromatic heterocycles. The molecule has 2 aromatic rings. The number of ether oxygens (including phenoxy) is 1. The van der Waals surface area contributed by atoms with Crippen LogP contribution < -0.4 is 15.3 Å². The van der Waals surface area contributed by atoms with E-state index in [4.69, 9.17) is 4.74 Å². The summed E-state index contributed by atoms with van der Waals surface area (Å²) in [7, 11) is 2.03. The summed E-state index contributed by atoms with van der Waals surface area (Å²) in [5.41, 5.74) is -0.0462. The first-order valence-corrected chi connectivity index (χ1v) is 10.3. The van der Waals surface area contributed by atoms with Crippen LogP contribution in [-0.2, 0) is 17.9 Å². The topological polar surface area (TPSA) is 70.9 Å². The van der Waals surface area contributed by atoms with Gasteiger partial charge >= 0.3 is 5.69 Å². The van der Waals surface area contributed by atoms with Gasteiger partial charge in [-0.25, -0.2) is 13.6 Å². The Bertz CT molecular complexity index is 1020. The molecule has 0 unspecified atom stereocenters. The molecule has 10 heteroatoms. The molecule has 1 amide bonds. The lowest BCUT2D eigenvalue weighted by atomic mass is 10.2. The molecule has 31 heavy (non-hydrogen) atoms. The molecule has 2 aliphatic heterocycles. The van der Waals surface area contributed by atoms with Gasteiger partial charge in [0, 0.05) is 45.3 Å². The average molecular weight is 433 g/mol. The summed E-state index contributed by atoms with van der Waals surface area (Å²) in [6.45, 7) is 4.34. The van der Waals surface area contributed by atoms with E-state index in [1.165, 1.54) is 10.6 Å². The molecule has 0 N–H and O–H groups in total. The summed E-state index contributed by atoms with van der Waals surface area (Å²) >= 11 is 0. The summed E-state index contributed by atoms with van der Waals surface area (Å²) in [6, 6.07) is 5.10. The van der Waals surface area contributed by atoms with Gasteiger partial charge in [-0.15, -0.1) is 0 Å². The molecule has 0 atom stereocenters. The monoisotopic (exact) mass is 433 g/mol. The summed E-state index contributed by atoms with van der Waals surface area (Å²) < 4.78 is 33.6. The average Bonchev–Trinajstić information content (AvgIpc) is 2.75. The highest BCUT2D eigenvalue weighted by atomic mass is 19.2. The Morgan fingerprint density at radius 2 is 1.84 bits per heavy atom. The molecule has 8 nitrogen and oxygen atoms in total. The maximum atomic E-state index is 13.4. The van der Waals surface area contributed by atoms with Crippen LogP contribution in [0.1, 0.15) is 12.0 Å². The van der Waals surface area contributed by atoms with E-state index in [9.17, 15) is 18.4 Å². The molecular formula is C21H25F2N5O3. The van der Waals surface area contributed by atoms with E-state index in [0.717, 1.165) is 31.6 Å². The van der Waals surface area contributed by atoms with Crippen molar-refractivity contribution in [2.45, 2.75) is 19.6 Å². The highest BCUT2D eigenvalue weighted by molar-refractivity contribution is 5.81. The first-order valence-electron chi connectivity index (χ1n) is 10.3. The van der Waals surface area contributed by atoms with Crippen LogP contribution in [0.25, 0.3) is 0 Å². The molecule has 1 aromatic carbocycles. The van der Waals surface area contributed by atoms with Crippen LogP contribution in [0.15, 0.2) is 29.1 Å². The zero-order chi connectivity index (χ0) is 22.0. The minimum atomic E-state index is -0.965. The Balaban J connectivity index is 1.48. The number of anilines is 1. The van der Waals surface area contributed by atoms with E-state index in [0.29, 0.717) is 37.6 Å². The van der Waals surface area contributed by atoms with Crippen molar-refractivity contribution in [3.63, 3.8) is 0 Å². The van der Waals surface area contributed by atoms with Gasteiger partial charge in [-0.1, -0.05) is 6.07 Å². The summed E-state index contributed by atoms with van der Waals surface area (Å²) in [5.74, 6) is -1.22. The third kappa shape index (κ3) is 4.84. The lowest BCUT2D eigenvalue weighted by molar-refractivity contribution is -0.131. The highest BCUT2D eigenvalue weighted by Gasteiger charge is 2.25. The van der Waals surface area contributed by atoms with Gasteiger partial charge in [0.05, 0.1) is 6.54 Å². The Hall–Kier alpha value is -3.01. The number of piperazine rings is 1. The molecule has 0 radical (unpaired) electrons. The SMILES string of the molecule is CN1CCN(C(=O)CN2CCCn3c2cc(OCc2ccc(F)c(F)c2)nc3=O)CC1. The van der Waals surface area contributed by atoms with Crippen molar-refractivity contribution < 1.29 is 18.3 Å². The van der Waals surface area contributed by atoms with Gasteiger partial charge < -0.3 is 19.4 Å². The van der Waals surface area contributed by atoms with Crippen molar-refractivity contribution in [2.24, 2.45) is 0 Å². The van der Waals surface area contributed by atoms with E-state index >= 15 is 0 Å². The molecular weight excluding hydrogens is 408 g/mol. The highest BCUT2D eigenvalue weighted by Crippen LogP contribution is 2.23. The second kappa shape index (κ2) is 9.01. The zero-order valence-corrected chi connectivity index (χ0v) is 17.4. The molecule has 1 saturated heterocycles. The van der Waals surface area contributed by atoms with E-state index in [1.807, 2.05) is 16.8 Å². The molecule has 0 spiro atoms. The lowest BCUT2D eigenvalue weighted by Crippen LogP contribution is -2.51. The van der Waals surface area contributed by atoms with Gasteiger partial charge in [0.1, 0.15) is 12.4 Å². The number of carbonyl (C=O) groups excluding carboxylic acids is 1. The fourth-order valence-electron chi connectivity index (χ4n) is 3.82. The van der Waals surface area contributed by atoms with E-state index in [2.05, 4.69) is 9.88 Å². The van der Waals surface area contributed by atoms with Crippen LogP contribution in [-0.4, -0.2) is 71.6 Å². The number of carbonyl (C=O) groups is 1. The number of benzene rings is 1. The third-order valence-electron chi connectivity index (χ3n) is 5.65. The Labute approximate surface area is 178 Å². The summed E-state index contributed by atoms with van der Waals surface area (Å²) in [4.78, 5) is 35.1. The van der Waals surface area contributed by atoms with Crippen LogP contribution in [0, 0.1) is 11.6 Å². The third-order valence-corrected chi connectivity index (χ3v) is 5.65. The van der Waals surface area contributed by atoms with E-state index in [-0.39, 0.29) is 24.9 Å².